The number of likely N-dealkylation sites (tertiary alicyclic amines) is 1. The van der Waals surface area contributed by atoms with Crippen molar-refractivity contribution in [2.75, 3.05) is 19.3 Å². The van der Waals surface area contributed by atoms with E-state index < -0.39 is 111 Å². The summed E-state index contributed by atoms with van der Waals surface area (Å²) in [6.07, 6.45) is -5.67. The van der Waals surface area contributed by atoms with Crippen LogP contribution in [0.1, 0.15) is 46.5 Å². The van der Waals surface area contributed by atoms with Gasteiger partial charge in [-0.2, -0.15) is 17.6 Å². The molecule has 42 heavy (non-hydrogen) atoms. The van der Waals surface area contributed by atoms with Crippen LogP contribution in [0.5, 0.6) is 0 Å². The summed E-state index contributed by atoms with van der Waals surface area (Å²) in [5.41, 5.74) is -1.31. The second-order valence-electron chi connectivity index (χ2n) is 12.3. The van der Waals surface area contributed by atoms with Crippen LogP contribution in [0, 0.1) is 23.2 Å². The number of rotatable bonds is 8. The van der Waals surface area contributed by atoms with E-state index in [0.29, 0.717) is 12.3 Å². The number of sulfone groups is 1. The highest BCUT2D eigenvalue weighted by Crippen LogP contribution is 2.50. The smallest absolute Gasteiger partial charge is 0.356 e. The second-order valence-corrected chi connectivity index (χ2v) is 14.2. The van der Waals surface area contributed by atoms with Gasteiger partial charge in [-0.15, -0.1) is 0 Å². The zero-order valence-electron chi connectivity index (χ0n) is 23.4. The summed E-state index contributed by atoms with van der Waals surface area (Å²) in [7, 11) is -4.36. The molecule has 1 aliphatic carbocycles. The van der Waals surface area contributed by atoms with Crippen LogP contribution in [-0.2, 0) is 29.0 Å². The lowest BCUT2D eigenvalue weighted by atomic mass is 9.85. The Morgan fingerprint density at radius 1 is 1.14 bits per heavy atom. The van der Waals surface area contributed by atoms with Crippen molar-refractivity contribution < 1.29 is 53.9 Å². The normalized spacial score (nSPS) is 27.7. The Bertz CT molecular complexity index is 1250. The molecule has 3 aliphatic rings. The fraction of sp³-hybridized carbons (Fsp3) is 0.760. The first-order valence-corrected chi connectivity index (χ1v) is 15.1. The maximum absolute atomic E-state index is 14.5. The number of nitrogens with zero attached hydrogens (tertiary/aromatic N) is 1. The van der Waals surface area contributed by atoms with Crippen LogP contribution < -0.4 is 16.0 Å². The molecule has 3 fully saturated rings. The summed E-state index contributed by atoms with van der Waals surface area (Å²) in [5.74, 6) is -11.0. The van der Waals surface area contributed by atoms with Crippen molar-refractivity contribution in [3.05, 3.63) is 11.2 Å². The lowest BCUT2D eigenvalue weighted by Crippen LogP contribution is -2.60. The Kier molecular flexibility index (Phi) is 9.36. The number of hydrogen-bond donors (Lipinski definition) is 3. The Hall–Kier alpha value is -2.85. The summed E-state index contributed by atoms with van der Waals surface area (Å²) in [6.45, 7) is 3.97. The van der Waals surface area contributed by atoms with E-state index in [4.69, 9.17) is 0 Å². The molecule has 2 heterocycles. The molecule has 0 radical (unpaired) electrons. The molecule has 17 heteroatoms. The second kappa shape index (κ2) is 11.7. The van der Waals surface area contributed by atoms with Crippen LogP contribution in [-0.4, -0.2) is 86.5 Å². The van der Waals surface area contributed by atoms with Gasteiger partial charge in [-0.1, -0.05) is 20.8 Å². The molecule has 6 atom stereocenters. The summed E-state index contributed by atoms with van der Waals surface area (Å²) in [4.78, 5) is 52.0. The minimum Gasteiger partial charge on any atom is -0.356 e. The number of halogens is 6. The molecule has 0 aromatic carbocycles. The van der Waals surface area contributed by atoms with Crippen molar-refractivity contribution in [1.29, 1.82) is 0 Å². The summed E-state index contributed by atoms with van der Waals surface area (Å²) >= 11 is 0. The van der Waals surface area contributed by atoms with Gasteiger partial charge in [-0.25, -0.2) is 17.2 Å². The van der Waals surface area contributed by atoms with Crippen molar-refractivity contribution in [3.8, 4) is 0 Å². The quantitative estimate of drug-likeness (QED) is 0.349. The predicted octanol–water partition coefficient (Wildman–Crippen LogP) is 1.82. The van der Waals surface area contributed by atoms with E-state index in [1.165, 1.54) is 20.8 Å². The Labute approximate surface area is 238 Å². The van der Waals surface area contributed by atoms with Gasteiger partial charge in [0, 0.05) is 38.1 Å². The van der Waals surface area contributed by atoms with Gasteiger partial charge >= 0.3 is 12.1 Å². The van der Waals surface area contributed by atoms with Crippen LogP contribution in [0.3, 0.4) is 0 Å². The Morgan fingerprint density at radius 3 is 2.26 bits per heavy atom. The average molecular weight is 633 g/mol. The molecular formula is C25H34F6N4O6S. The predicted molar refractivity (Wildman–Crippen MR) is 136 cm³/mol. The number of amides is 4. The van der Waals surface area contributed by atoms with Gasteiger partial charge in [-0.05, 0) is 36.2 Å². The molecule has 0 bridgehead atoms. The topological polar surface area (TPSA) is 142 Å². The van der Waals surface area contributed by atoms with Crippen LogP contribution in [0.15, 0.2) is 11.2 Å². The van der Waals surface area contributed by atoms with Crippen LogP contribution in [0.4, 0.5) is 26.3 Å². The fourth-order valence-corrected chi connectivity index (χ4v) is 6.19. The minimum atomic E-state index is -5.33. The average Bonchev–Trinajstić information content (AvgIpc) is 3.45. The third-order valence-electron chi connectivity index (χ3n) is 7.79. The molecule has 1 saturated carbocycles. The van der Waals surface area contributed by atoms with E-state index in [9.17, 15) is 53.9 Å². The van der Waals surface area contributed by atoms with Crippen LogP contribution >= 0.6 is 0 Å². The maximum atomic E-state index is 14.5. The first kappa shape index (κ1) is 33.6. The van der Waals surface area contributed by atoms with Crippen LogP contribution in [0.2, 0.25) is 0 Å². The molecule has 10 nitrogen and oxygen atoms in total. The van der Waals surface area contributed by atoms with E-state index in [-0.39, 0.29) is 19.4 Å². The van der Waals surface area contributed by atoms with E-state index in [2.05, 4.69) is 10.6 Å². The van der Waals surface area contributed by atoms with E-state index in [1.54, 1.807) is 5.32 Å². The van der Waals surface area contributed by atoms with Gasteiger partial charge in [0.25, 0.3) is 0 Å². The number of carbonyl (C=O) groups is 4. The zero-order chi connectivity index (χ0) is 32.0. The van der Waals surface area contributed by atoms with Crippen molar-refractivity contribution in [3.63, 3.8) is 0 Å². The number of alkyl halides is 5. The number of carbonyl (C=O) groups excluding carboxylic acids is 4. The molecule has 2 saturated heterocycles. The number of nitrogens with one attached hydrogen (secondary N) is 3. The number of hydrogen-bond acceptors (Lipinski definition) is 6. The molecule has 0 unspecified atom stereocenters. The largest absolute Gasteiger partial charge is 0.471 e. The molecule has 0 spiro atoms. The van der Waals surface area contributed by atoms with Crippen molar-refractivity contribution in [2.24, 2.45) is 23.2 Å². The third kappa shape index (κ3) is 7.75. The molecule has 0 aromatic heterocycles. The van der Waals surface area contributed by atoms with Crippen molar-refractivity contribution >= 4 is 33.5 Å². The highest BCUT2D eigenvalue weighted by atomic mass is 32.2. The first-order chi connectivity index (χ1) is 19.0. The van der Waals surface area contributed by atoms with Crippen molar-refractivity contribution in [2.45, 2.75) is 76.7 Å². The highest BCUT2D eigenvalue weighted by Gasteiger charge is 2.59. The zero-order valence-corrected chi connectivity index (χ0v) is 24.2. The van der Waals surface area contributed by atoms with Gasteiger partial charge in [0.15, 0.2) is 0 Å². The summed E-state index contributed by atoms with van der Waals surface area (Å²) in [5, 5.41) is 4.95. The molecule has 238 valence electrons. The Balaban J connectivity index is 1.97. The maximum Gasteiger partial charge on any atom is 0.471 e. The van der Waals surface area contributed by atoms with E-state index in [1.807, 2.05) is 0 Å². The molecule has 0 aromatic rings. The molecule has 3 rings (SSSR count). The third-order valence-corrected chi connectivity index (χ3v) is 8.63. The summed E-state index contributed by atoms with van der Waals surface area (Å²) in [6, 6.07) is -4.87. The lowest BCUT2D eigenvalue weighted by Gasteiger charge is -2.37. The molecule has 4 amide bonds. The first-order valence-electron chi connectivity index (χ1n) is 13.2. The van der Waals surface area contributed by atoms with Crippen LogP contribution in [0.25, 0.3) is 0 Å². The highest BCUT2D eigenvalue weighted by molar-refractivity contribution is 7.94. The monoisotopic (exact) mass is 632 g/mol. The van der Waals surface area contributed by atoms with Gasteiger partial charge in [-0.3, -0.25) is 19.2 Å². The molecular weight excluding hydrogens is 598 g/mol. The van der Waals surface area contributed by atoms with Gasteiger partial charge in [0.1, 0.15) is 12.1 Å². The lowest BCUT2D eigenvalue weighted by molar-refractivity contribution is -0.176. The van der Waals surface area contributed by atoms with Crippen molar-refractivity contribution in [1.82, 2.24) is 20.9 Å². The SMILES string of the molecule is CC(C)(C)[C@@H](NC(=O)C(F)(F)F)C(=O)N1C[C@H]2CC(F)(F)C[C@H]2[C@@H]1C(=O)N[C@H](/C=C(/F)S(C)(=O)=O)C[C@H]1CCNC1=O. The molecule has 3 N–H and O–H groups in total. The Morgan fingerprint density at radius 2 is 1.76 bits per heavy atom. The van der Waals surface area contributed by atoms with Gasteiger partial charge in [0.2, 0.25) is 38.6 Å². The summed E-state index contributed by atoms with van der Waals surface area (Å²) < 4.78 is 106. The molecule has 2 aliphatic heterocycles. The van der Waals surface area contributed by atoms with E-state index in [0.717, 1.165) is 4.90 Å². The minimum absolute atomic E-state index is 0.252. The number of fused-ring (bicyclic) bond motifs is 1. The van der Waals surface area contributed by atoms with Gasteiger partial charge < -0.3 is 20.9 Å². The van der Waals surface area contributed by atoms with Gasteiger partial charge in [0.05, 0.1) is 6.04 Å². The fourth-order valence-electron chi connectivity index (χ4n) is 5.78. The standard InChI is InChI=1S/C25H34F6N4O6S/c1-23(2,3)18(34-22(39)25(29,30)31)21(38)35-11-13-9-24(27,28)10-15(13)17(35)20(37)33-14(8-16(26)42(4,40)41)7-12-5-6-32-19(12)36/h8,12-15,17-18H,5-7,9-11H2,1-4H3,(H,32,36)(H,33,37)(H,34,39)/b16-8-/t12-,13-,14+,15-,17-,18+/m1/s1. The van der Waals surface area contributed by atoms with E-state index >= 15 is 0 Å².